The predicted molar refractivity (Wildman–Crippen MR) is 119 cm³/mol. The van der Waals surface area contributed by atoms with Gasteiger partial charge in [0.1, 0.15) is 4.70 Å². The van der Waals surface area contributed by atoms with Gasteiger partial charge in [-0.3, -0.25) is 9.36 Å². The number of aromatic nitrogens is 2. The van der Waals surface area contributed by atoms with Crippen LogP contribution >= 0.6 is 11.3 Å². The summed E-state index contributed by atoms with van der Waals surface area (Å²) in [6.07, 6.45) is 3.26. The lowest BCUT2D eigenvalue weighted by molar-refractivity contribution is -0.888. The molecule has 0 aliphatic carbocycles. The number of rotatable bonds is 4. The topological polar surface area (TPSA) is 57.7 Å². The first-order valence-corrected chi connectivity index (χ1v) is 11.6. The van der Waals surface area contributed by atoms with Crippen LogP contribution < -0.4 is 16.1 Å². The number of para-hydroxylation sites is 1. The third kappa shape index (κ3) is 3.35. The van der Waals surface area contributed by atoms with E-state index in [4.69, 9.17) is 4.74 Å². The molecule has 1 aromatic carbocycles. The molecule has 1 N–H and O–H groups in total. The molecule has 0 saturated carbocycles. The van der Waals surface area contributed by atoms with Gasteiger partial charge < -0.3 is 9.64 Å². The summed E-state index contributed by atoms with van der Waals surface area (Å²) >= 11 is 1.54. The second-order valence-corrected chi connectivity index (χ2v) is 10.1. The van der Waals surface area contributed by atoms with Crippen molar-refractivity contribution in [3.05, 3.63) is 61.6 Å². The first kappa shape index (κ1) is 19.7. The molecule has 2 aliphatic rings. The molecule has 3 aromatic rings. The van der Waals surface area contributed by atoms with Gasteiger partial charge in [0.2, 0.25) is 0 Å². The van der Waals surface area contributed by atoms with E-state index >= 15 is 0 Å². The molecule has 4 heterocycles. The van der Waals surface area contributed by atoms with E-state index in [0.717, 1.165) is 37.1 Å². The zero-order chi connectivity index (χ0) is 20.9. The Morgan fingerprint density at radius 2 is 1.87 bits per heavy atom. The number of likely N-dealkylation sites (tertiary alicyclic amines) is 1. The van der Waals surface area contributed by atoms with Crippen molar-refractivity contribution in [3.63, 3.8) is 0 Å². The van der Waals surface area contributed by atoms with E-state index in [0.29, 0.717) is 23.5 Å². The van der Waals surface area contributed by atoms with Crippen LogP contribution in [0.3, 0.4) is 0 Å². The summed E-state index contributed by atoms with van der Waals surface area (Å²) in [5.41, 5.74) is 1.73. The van der Waals surface area contributed by atoms with E-state index in [2.05, 4.69) is 13.8 Å². The van der Waals surface area contributed by atoms with Crippen molar-refractivity contribution < 1.29 is 9.64 Å². The van der Waals surface area contributed by atoms with Crippen molar-refractivity contribution in [2.75, 3.05) is 19.6 Å². The first-order valence-electron chi connectivity index (χ1n) is 10.8. The number of thiophene rings is 1. The van der Waals surface area contributed by atoms with Gasteiger partial charge in [-0.05, 0) is 26.0 Å². The number of ether oxygens (including phenoxy) is 1. The zero-order valence-corrected chi connectivity index (χ0v) is 18.4. The Morgan fingerprint density at radius 1 is 1.13 bits per heavy atom. The minimum absolute atomic E-state index is 0.219. The van der Waals surface area contributed by atoms with Crippen LogP contribution in [0.2, 0.25) is 0 Å². The number of benzene rings is 1. The molecule has 0 amide bonds. The fraction of sp³-hybridized carbons (Fsp3) is 0.478. The highest BCUT2D eigenvalue weighted by atomic mass is 32.1. The maximum atomic E-state index is 13.6. The standard InChI is InChI=1S/C23H27N3O3S/c1-23(2)14-18-17(15-29-23)19-20(30-18)21(27)26(16-8-4-3-5-9-16)22(28)25(19)13-12-24-10-6-7-11-24/h3-5,8-9H,6-7,10-15H2,1-2H3/p+1. The van der Waals surface area contributed by atoms with Crippen LogP contribution in [0.5, 0.6) is 0 Å². The summed E-state index contributed by atoms with van der Waals surface area (Å²) < 4.78 is 9.91. The van der Waals surface area contributed by atoms with Gasteiger partial charge in [-0.1, -0.05) is 18.2 Å². The molecule has 6 nitrogen and oxygen atoms in total. The molecule has 30 heavy (non-hydrogen) atoms. The van der Waals surface area contributed by atoms with E-state index in [-0.39, 0.29) is 16.9 Å². The summed E-state index contributed by atoms with van der Waals surface area (Å²) in [7, 11) is 0. The van der Waals surface area contributed by atoms with E-state index < -0.39 is 0 Å². The van der Waals surface area contributed by atoms with Gasteiger partial charge in [0.05, 0.1) is 49.6 Å². The maximum absolute atomic E-state index is 13.6. The minimum atomic E-state index is -0.253. The summed E-state index contributed by atoms with van der Waals surface area (Å²) in [6, 6.07) is 9.26. The molecule has 158 valence electrons. The first-order chi connectivity index (χ1) is 14.4. The Hall–Kier alpha value is -2.22. The van der Waals surface area contributed by atoms with Crippen LogP contribution in [0.1, 0.15) is 37.1 Å². The van der Waals surface area contributed by atoms with Gasteiger partial charge in [-0.2, -0.15) is 0 Å². The van der Waals surface area contributed by atoms with Crippen molar-refractivity contribution in [2.45, 2.75) is 51.9 Å². The number of nitrogens with one attached hydrogen (secondary N) is 1. The molecular weight excluding hydrogens is 398 g/mol. The van der Waals surface area contributed by atoms with Crippen LogP contribution in [-0.2, 0) is 24.3 Å². The second kappa shape index (κ2) is 7.48. The monoisotopic (exact) mass is 426 g/mol. The highest BCUT2D eigenvalue weighted by Gasteiger charge is 2.32. The average molecular weight is 427 g/mol. The highest BCUT2D eigenvalue weighted by molar-refractivity contribution is 7.19. The van der Waals surface area contributed by atoms with E-state index in [1.54, 1.807) is 0 Å². The molecule has 7 heteroatoms. The molecule has 0 bridgehead atoms. The van der Waals surface area contributed by atoms with Gasteiger partial charge in [0, 0.05) is 29.7 Å². The lowest BCUT2D eigenvalue weighted by Gasteiger charge is -2.30. The number of hydrogen-bond donors (Lipinski definition) is 1. The molecule has 5 rings (SSSR count). The molecular formula is C23H28N3O3S+. The Balaban J connectivity index is 1.72. The smallest absolute Gasteiger partial charge is 0.336 e. The van der Waals surface area contributed by atoms with Crippen molar-refractivity contribution in [3.8, 4) is 5.69 Å². The third-order valence-corrected chi connectivity index (χ3v) is 7.57. The molecule has 0 spiro atoms. The minimum Gasteiger partial charge on any atom is -0.370 e. The lowest BCUT2D eigenvalue weighted by atomic mass is 9.98. The van der Waals surface area contributed by atoms with Crippen LogP contribution in [0.4, 0.5) is 0 Å². The van der Waals surface area contributed by atoms with Crippen molar-refractivity contribution in [1.82, 2.24) is 9.13 Å². The van der Waals surface area contributed by atoms with E-state index in [9.17, 15) is 9.59 Å². The Bertz CT molecular complexity index is 1200. The van der Waals surface area contributed by atoms with Gasteiger partial charge >= 0.3 is 5.69 Å². The predicted octanol–water partition coefficient (Wildman–Crippen LogP) is 1.74. The number of quaternary nitrogens is 1. The number of nitrogens with zero attached hydrogens (tertiary/aromatic N) is 2. The second-order valence-electron chi connectivity index (χ2n) is 9.02. The SMILES string of the molecule is CC1(C)Cc2sc3c(=O)n(-c4ccccc4)c(=O)n(CC[NH+]4CCCC4)c3c2CO1. The number of fused-ring (bicyclic) bond motifs is 3. The Morgan fingerprint density at radius 3 is 2.60 bits per heavy atom. The van der Waals surface area contributed by atoms with Crippen molar-refractivity contribution in [1.29, 1.82) is 0 Å². The highest BCUT2D eigenvalue weighted by Crippen LogP contribution is 2.37. The summed E-state index contributed by atoms with van der Waals surface area (Å²) in [5, 5.41) is 0. The lowest BCUT2D eigenvalue weighted by Crippen LogP contribution is -3.10. The van der Waals surface area contributed by atoms with Crippen LogP contribution in [0.15, 0.2) is 39.9 Å². The molecule has 0 radical (unpaired) electrons. The van der Waals surface area contributed by atoms with Crippen LogP contribution in [0, 0.1) is 0 Å². The van der Waals surface area contributed by atoms with Gasteiger partial charge in [0.15, 0.2) is 0 Å². The fourth-order valence-electron chi connectivity index (χ4n) is 4.74. The maximum Gasteiger partial charge on any atom is 0.336 e. The quantitative estimate of drug-likeness (QED) is 0.692. The van der Waals surface area contributed by atoms with Crippen molar-refractivity contribution in [2.24, 2.45) is 0 Å². The summed E-state index contributed by atoms with van der Waals surface area (Å²) in [4.78, 5) is 29.8. The molecule has 0 atom stereocenters. The van der Waals surface area contributed by atoms with Crippen LogP contribution in [-0.4, -0.2) is 34.4 Å². The fourth-order valence-corrected chi connectivity index (χ4v) is 6.20. The molecule has 1 saturated heterocycles. The summed E-state index contributed by atoms with van der Waals surface area (Å²) in [6.45, 7) is 8.44. The van der Waals surface area contributed by atoms with Crippen LogP contribution in [0.25, 0.3) is 15.9 Å². The molecule has 1 fully saturated rings. The van der Waals surface area contributed by atoms with Gasteiger partial charge in [0.25, 0.3) is 5.56 Å². The van der Waals surface area contributed by atoms with E-state index in [1.807, 2.05) is 34.9 Å². The van der Waals surface area contributed by atoms with Crippen molar-refractivity contribution >= 4 is 21.6 Å². The van der Waals surface area contributed by atoms with Gasteiger partial charge in [-0.15, -0.1) is 11.3 Å². The largest absolute Gasteiger partial charge is 0.370 e. The zero-order valence-electron chi connectivity index (χ0n) is 17.6. The summed E-state index contributed by atoms with van der Waals surface area (Å²) in [5.74, 6) is 0. The van der Waals surface area contributed by atoms with Gasteiger partial charge in [-0.25, -0.2) is 9.36 Å². The third-order valence-electron chi connectivity index (χ3n) is 6.36. The Kier molecular flexibility index (Phi) is 4.92. The van der Waals surface area contributed by atoms with E-state index in [1.165, 1.54) is 38.5 Å². The number of hydrogen-bond acceptors (Lipinski definition) is 4. The average Bonchev–Trinajstić information content (AvgIpc) is 3.36. The normalized spacial score (nSPS) is 18.7. The molecule has 0 unspecified atom stereocenters. The molecule has 2 aliphatic heterocycles. The Labute approximate surface area is 179 Å². The molecule has 2 aromatic heterocycles.